The molecule has 0 rings (SSSR count). The predicted octanol–water partition coefficient (Wildman–Crippen LogP) is 2.34. The van der Waals surface area contributed by atoms with Crippen molar-refractivity contribution in [3.63, 3.8) is 0 Å². The van der Waals surface area contributed by atoms with Crippen molar-refractivity contribution in [3.05, 3.63) is 0 Å². The minimum absolute atomic E-state index is 0.246. The van der Waals surface area contributed by atoms with E-state index in [0.717, 1.165) is 6.42 Å². The van der Waals surface area contributed by atoms with Crippen molar-refractivity contribution in [2.24, 2.45) is 11.3 Å². The first-order valence-corrected chi connectivity index (χ1v) is 5.74. The van der Waals surface area contributed by atoms with E-state index in [1.807, 2.05) is 41.5 Å². The Kier molecular flexibility index (Phi) is 5.35. The molecular formula is C12H25BO2. The van der Waals surface area contributed by atoms with Gasteiger partial charge in [0.25, 0.3) is 0 Å². The van der Waals surface area contributed by atoms with Gasteiger partial charge in [0, 0.05) is 10.9 Å². The molecule has 0 saturated carbocycles. The molecule has 0 amide bonds. The summed E-state index contributed by atoms with van der Waals surface area (Å²) in [5.74, 6) is 0.257. The number of ether oxygens (including phenoxy) is 1. The molecule has 0 aliphatic rings. The lowest BCUT2D eigenvalue weighted by Gasteiger charge is -2.37. The van der Waals surface area contributed by atoms with Crippen LogP contribution in [0.2, 0.25) is 0 Å². The highest BCUT2D eigenvalue weighted by Gasteiger charge is 2.31. The third-order valence-electron chi connectivity index (χ3n) is 3.19. The monoisotopic (exact) mass is 212 g/mol. The molecule has 0 aromatic carbocycles. The fourth-order valence-corrected chi connectivity index (χ4v) is 1.16. The number of hydrogen-bond donors (Lipinski definition) is 1. The molecule has 0 aromatic rings. The smallest absolute Gasteiger partial charge is 0.113 e. The van der Waals surface area contributed by atoms with Crippen LogP contribution in [-0.4, -0.2) is 31.2 Å². The molecule has 2 radical (unpaired) electrons. The molecule has 15 heavy (non-hydrogen) atoms. The molecule has 2 nitrogen and oxygen atoms in total. The minimum atomic E-state index is -0.620. The van der Waals surface area contributed by atoms with Crippen LogP contribution in [-0.2, 0) is 4.74 Å². The highest BCUT2D eigenvalue weighted by Crippen LogP contribution is 2.27. The second kappa shape index (κ2) is 5.35. The predicted molar refractivity (Wildman–Crippen MR) is 65.0 cm³/mol. The van der Waals surface area contributed by atoms with Gasteiger partial charge in [-0.25, -0.2) is 0 Å². The average molecular weight is 212 g/mol. The van der Waals surface area contributed by atoms with Crippen molar-refractivity contribution in [1.82, 2.24) is 0 Å². The van der Waals surface area contributed by atoms with Gasteiger partial charge in [-0.3, -0.25) is 0 Å². The molecule has 0 aromatic heterocycles. The SMILES string of the molecule is [B]C(C)(OCC(C)(C)C(O)CC)C(C)C. The topological polar surface area (TPSA) is 29.5 Å². The van der Waals surface area contributed by atoms with Crippen LogP contribution in [0, 0.1) is 11.3 Å². The molecule has 0 bridgehead atoms. The van der Waals surface area contributed by atoms with E-state index in [1.54, 1.807) is 0 Å². The fraction of sp³-hybridized carbons (Fsp3) is 1.00. The first-order chi connectivity index (χ1) is 6.63. The summed E-state index contributed by atoms with van der Waals surface area (Å²) in [6.07, 6.45) is 0.389. The molecule has 3 heteroatoms. The van der Waals surface area contributed by atoms with Gasteiger partial charge >= 0.3 is 0 Å². The third kappa shape index (κ3) is 4.56. The van der Waals surface area contributed by atoms with Crippen molar-refractivity contribution >= 4 is 7.85 Å². The Morgan fingerprint density at radius 1 is 1.27 bits per heavy atom. The van der Waals surface area contributed by atoms with Crippen LogP contribution in [0.4, 0.5) is 0 Å². The zero-order valence-electron chi connectivity index (χ0n) is 11.0. The first kappa shape index (κ1) is 15.0. The van der Waals surface area contributed by atoms with Crippen LogP contribution < -0.4 is 0 Å². The number of aliphatic hydroxyl groups is 1. The van der Waals surface area contributed by atoms with E-state index in [4.69, 9.17) is 12.6 Å². The maximum atomic E-state index is 9.80. The lowest BCUT2D eigenvalue weighted by Crippen LogP contribution is -2.42. The molecule has 88 valence electrons. The van der Waals surface area contributed by atoms with Crippen molar-refractivity contribution in [1.29, 1.82) is 0 Å². The molecule has 0 heterocycles. The highest BCUT2D eigenvalue weighted by molar-refractivity contribution is 6.14. The Balaban J connectivity index is 4.26. The van der Waals surface area contributed by atoms with Gasteiger partial charge < -0.3 is 9.84 Å². The van der Waals surface area contributed by atoms with Gasteiger partial charge in [0.1, 0.15) is 7.85 Å². The van der Waals surface area contributed by atoms with E-state index in [9.17, 15) is 5.11 Å². The van der Waals surface area contributed by atoms with E-state index in [1.165, 1.54) is 0 Å². The normalized spacial score (nSPS) is 18.9. The second-order valence-corrected chi connectivity index (χ2v) is 5.54. The lowest BCUT2D eigenvalue weighted by atomic mass is 9.74. The summed E-state index contributed by atoms with van der Waals surface area (Å²) < 4.78 is 5.70. The van der Waals surface area contributed by atoms with Crippen LogP contribution in [0.5, 0.6) is 0 Å². The Bertz CT molecular complexity index is 188. The molecule has 1 N–H and O–H groups in total. The van der Waals surface area contributed by atoms with Crippen molar-refractivity contribution in [2.45, 2.75) is 59.6 Å². The molecule has 0 aliphatic carbocycles. The molecule has 2 unspecified atom stereocenters. The van der Waals surface area contributed by atoms with Crippen molar-refractivity contribution < 1.29 is 9.84 Å². The van der Waals surface area contributed by atoms with Crippen LogP contribution in [0.25, 0.3) is 0 Å². The average Bonchev–Trinajstić information content (AvgIpc) is 2.13. The van der Waals surface area contributed by atoms with Gasteiger partial charge in [-0.05, 0) is 19.3 Å². The van der Waals surface area contributed by atoms with Gasteiger partial charge in [-0.15, -0.1) is 0 Å². The summed E-state index contributed by atoms with van der Waals surface area (Å²) >= 11 is 0. The van der Waals surface area contributed by atoms with Crippen molar-refractivity contribution in [2.75, 3.05) is 6.61 Å². The van der Waals surface area contributed by atoms with Gasteiger partial charge in [0.2, 0.25) is 0 Å². The quantitative estimate of drug-likeness (QED) is 0.685. The zero-order chi connectivity index (χ0) is 12.3. The van der Waals surface area contributed by atoms with Crippen LogP contribution >= 0.6 is 0 Å². The summed E-state index contributed by atoms with van der Waals surface area (Å²) in [4.78, 5) is 0. The molecule has 2 atom stereocenters. The fourth-order valence-electron chi connectivity index (χ4n) is 1.16. The van der Waals surface area contributed by atoms with E-state index < -0.39 is 5.50 Å². The third-order valence-corrected chi connectivity index (χ3v) is 3.19. The number of hydrogen-bond acceptors (Lipinski definition) is 2. The summed E-state index contributed by atoms with van der Waals surface area (Å²) in [6.45, 7) is 12.4. The van der Waals surface area contributed by atoms with E-state index >= 15 is 0 Å². The highest BCUT2D eigenvalue weighted by atomic mass is 16.5. The summed E-state index contributed by atoms with van der Waals surface area (Å²) in [5, 5.41) is 9.80. The van der Waals surface area contributed by atoms with Gasteiger partial charge in [-0.1, -0.05) is 34.6 Å². The Labute approximate surface area is 95.8 Å². The Hall–Kier alpha value is -0.0151. The lowest BCUT2D eigenvalue weighted by molar-refractivity contribution is -0.0779. The largest absolute Gasteiger partial charge is 0.392 e. The number of rotatable bonds is 6. The van der Waals surface area contributed by atoms with Crippen LogP contribution in [0.1, 0.15) is 48.0 Å². The van der Waals surface area contributed by atoms with E-state index in [2.05, 4.69) is 0 Å². The van der Waals surface area contributed by atoms with Gasteiger partial charge in [0.05, 0.1) is 12.7 Å². The maximum Gasteiger partial charge on any atom is 0.113 e. The summed E-state index contributed by atoms with van der Waals surface area (Å²) in [6, 6.07) is 0. The summed E-state index contributed by atoms with van der Waals surface area (Å²) in [7, 11) is 6.00. The van der Waals surface area contributed by atoms with Crippen molar-refractivity contribution in [3.8, 4) is 0 Å². The zero-order valence-corrected chi connectivity index (χ0v) is 11.0. The van der Waals surface area contributed by atoms with E-state index in [0.29, 0.717) is 6.61 Å². The Morgan fingerprint density at radius 2 is 1.73 bits per heavy atom. The number of aliphatic hydroxyl groups excluding tert-OH is 1. The van der Waals surface area contributed by atoms with Gasteiger partial charge in [-0.2, -0.15) is 0 Å². The van der Waals surface area contributed by atoms with E-state index in [-0.39, 0.29) is 17.4 Å². The Morgan fingerprint density at radius 3 is 2.07 bits per heavy atom. The minimum Gasteiger partial charge on any atom is -0.392 e. The second-order valence-electron chi connectivity index (χ2n) is 5.54. The van der Waals surface area contributed by atoms with Crippen LogP contribution in [0.15, 0.2) is 0 Å². The molecule has 0 spiro atoms. The van der Waals surface area contributed by atoms with Crippen LogP contribution in [0.3, 0.4) is 0 Å². The summed E-state index contributed by atoms with van der Waals surface area (Å²) in [5.41, 5.74) is -0.866. The molecule has 0 saturated heterocycles. The molecule has 0 aliphatic heterocycles. The van der Waals surface area contributed by atoms with Gasteiger partial charge in [0.15, 0.2) is 0 Å². The molecule has 0 fully saturated rings. The standard InChI is InChI=1S/C12H25BO2/c1-7-10(14)11(4,5)8-15-12(6,13)9(2)3/h9-10,14H,7-8H2,1-6H3. The first-order valence-electron chi connectivity index (χ1n) is 5.74. The molecular weight excluding hydrogens is 187 g/mol. The maximum absolute atomic E-state index is 9.80.